The summed E-state index contributed by atoms with van der Waals surface area (Å²) in [6.45, 7) is 4.25. The Morgan fingerprint density at radius 3 is 2.61 bits per heavy atom. The second kappa shape index (κ2) is 4.94. The summed E-state index contributed by atoms with van der Waals surface area (Å²) in [4.78, 5) is 0. The molecular weight excluding hydrogens is 224 g/mol. The van der Waals surface area contributed by atoms with Gasteiger partial charge < -0.3 is 9.84 Å². The van der Waals surface area contributed by atoms with Gasteiger partial charge in [0.05, 0.1) is 5.69 Å². The smallest absolute Gasteiger partial charge is 0.167 e. The Kier molecular flexibility index (Phi) is 3.15. The molecule has 94 valence electrons. The molecule has 1 fully saturated rings. The first-order chi connectivity index (χ1) is 8.83. The highest BCUT2D eigenvalue weighted by atomic mass is 16.5. The van der Waals surface area contributed by atoms with E-state index in [-0.39, 0.29) is 0 Å². The average Bonchev–Trinajstić information content (AvgIpc) is 2.90. The molecule has 0 atom stereocenters. The second-order valence-corrected chi connectivity index (χ2v) is 5.01. The molecule has 1 N–H and O–H groups in total. The van der Waals surface area contributed by atoms with Gasteiger partial charge in [-0.05, 0) is 32.9 Å². The van der Waals surface area contributed by atoms with Crippen LogP contribution in [0.3, 0.4) is 0 Å². The Labute approximate surface area is 107 Å². The number of rotatable bonds is 2. The predicted molar refractivity (Wildman–Crippen MR) is 71.5 cm³/mol. The van der Waals surface area contributed by atoms with Gasteiger partial charge >= 0.3 is 0 Å². The van der Waals surface area contributed by atoms with E-state index < -0.39 is 0 Å². The first-order valence-electron chi connectivity index (χ1n) is 6.57. The summed E-state index contributed by atoms with van der Waals surface area (Å²) in [6.07, 6.45) is 2.31. The van der Waals surface area contributed by atoms with E-state index >= 15 is 0 Å². The molecule has 0 bridgehead atoms. The molecule has 0 amide bonds. The zero-order valence-corrected chi connectivity index (χ0v) is 10.6. The summed E-state index contributed by atoms with van der Waals surface area (Å²) >= 11 is 0. The van der Waals surface area contributed by atoms with Gasteiger partial charge in [0, 0.05) is 17.5 Å². The lowest BCUT2D eigenvalue weighted by atomic mass is 9.94. The second-order valence-electron chi connectivity index (χ2n) is 5.01. The minimum Gasteiger partial charge on any atom is -0.356 e. The van der Waals surface area contributed by atoms with Crippen molar-refractivity contribution in [2.75, 3.05) is 13.1 Å². The predicted octanol–water partition coefficient (Wildman–Crippen LogP) is 3.12. The Balaban J connectivity index is 1.82. The van der Waals surface area contributed by atoms with Gasteiger partial charge in [0.2, 0.25) is 0 Å². The van der Waals surface area contributed by atoms with Crippen LogP contribution in [0.25, 0.3) is 11.3 Å². The topological polar surface area (TPSA) is 38.1 Å². The number of aryl methyl sites for hydroxylation is 1. The zero-order valence-electron chi connectivity index (χ0n) is 10.6. The highest BCUT2D eigenvalue weighted by Gasteiger charge is 2.19. The fraction of sp³-hybridized carbons (Fsp3) is 0.400. The van der Waals surface area contributed by atoms with E-state index in [1.807, 2.05) is 0 Å². The fourth-order valence-electron chi connectivity index (χ4n) is 2.45. The summed E-state index contributed by atoms with van der Waals surface area (Å²) in [6, 6.07) is 10.5. The largest absolute Gasteiger partial charge is 0.356 e. The quantitative estimate of drug-likeness (QED) is 0.879. The van der Waals surface area contributed by atoms with Crippen LogP contribution >= 0.6 is 0 Å². The van der Waals surface area contributed by atoms with Crippen molar-refractivity contribution in [2.45, 2.75) is 25.7 Å². The zero-order chi connectivity index (χ0) is 12.4. The van der Waals surface area contributed by atoms with Gasteiger partial charge in [0.1, 0.15) is 0 Å². The number of nitrogens with one attached hydrogen (secondary N) is 1. The number of piperidine rings is 1. The molecular formula is C15H18N2O. The van der Waals surface area contributed by atoms with Gasteiger partial charge in [-0.1, -0.05) is 35.0 Å². The van der Waals surface area contributed by atoms with Crippen molar-refractivity contribution in [3.05, 3.63) is 41.6 Å². The molecule has 1 aromatic heterocycles. The normalized spacial score (nSPS) is 16.9. The van der Waals surface area contributed by atoms with Crippen LogP contribution in [0, 0.1) is 6.92 Å². The van der Waals surface area contributed by atoms with Crippen molar-refractivity contribution in [2.24, 2.45) is 0 Å². The number of hydrogen-bond acceptors (Lipinski definition) is 3. The molecule has 0 aliphatic carbocycles. The van der Waals surface area contributed by atoms with E-state index in [4.69, 9.17) is 4.52 Å². The molecule has 1 aliphatic rings. The fourth-order valence-corrected chi connectivity index (χ4v) is 2.45. The third-order valence-corrected chi connectivity index (χ3v) is 3.62. The van der Waals surface area contributed by atoms with Crippen molar-refractivity contribution >= 4 is 0 Å². The van der Waals surface area contributed by atoms with Gasteiger partial charge in [0.25, 0.3) is 0 Å². The van der Waals surface area contributed by atoms with E-state index in [2.05, 4.69) is 47.7 Å². The third-order valence-electron chi connectivity index (χ3n) is 3.62. The number of aromatic nitrogens is 1. The Bertz CT molecular complexity index is 510. The van der Waals surface area contributed by atoms with Gasteiger partial charge in [-0.3, -0.25) is 0 Å². The molecule has 0 saturated carbocycles. The molecule has 0 radical (unpaired) electrons. The third kappa shape index (κ3) is 2.31. The highest BCUT2D eigenvalue weighted by molar-refractivity contribution is 5.57. The van der Waals surface area contributed by atoms with Crippen LogP contribution in [0.5, 0.6) is 0 Å². The van der Waals surface area contributed by atoms with Gasteiger partial charge in [-0.2, -0.15) is 0 Å². The minimum absolute atomic E-state index is 0.550. The van der Waals surface area contributed by atoms with Crippen molar-refractivity contribution in [1.82, 2.24) is 10.5 Å². The maximum absolute atomic E-state index is 5.47. The first-order valence-corrected chi connectivity index (χ1v) is 6.57. The molecule has 0 spiro atoms. The van der Waals surface area contributed by atoms with Crippen molar-refractivity contribution in [3.8, 4) is 11.3 Å². The Morgan fingerprint density at radius 2 is 1.89 bits per heavy atom. The number of benzene rings is 1. The summed E-state index contributed by atoms with van der Waals surface area (Å²) in [5.41, 5.74) is 3.47. The molecule has 2 heterocycles. The average molecular weight is 242 g/mol. The van der Waals surface area contributed by atoms with Crippen LogP contribution in [0.4, 0.5) is 0 Å². The minimum atomic E-state index is 0.550. The maximum Gasteiger partial charge on any atom is 0.167 e. The van der Waals surface area contributed by atoms with E-state index in [9.17, 15) is 0 Å². The highest BCUT2D eigenvalue weighted by Crippen LogP contribution is 2.28. The summed E-state index contributed by atoms with van der Waals surface area (Å²) in [5, 5.41) is 7.61. The van der Waals surface area contributed by atoms with Crippen LogP contribution in [-0.4, -0.2) is 18.2 Å². The molecule has 0 unspecified atom stereocenters. The van der Waals surface area contributed by atoms with Crippen molar-refractivity contribution in [1.29, 1.82) is 0 Å². The molecule has 3 heteroatoms. The standard InChI is InChI=1S/C15H18N2O/c1-11-2-4-13(5-3-11)15-10-14(17-18-15)12-6-8-16-9-7-12/h2-5,10,12,16H,6-9H2,1H3. The maximum atomic E-state index is 5.47. The van der Waals surface area contributed by atoms with E-state index in [0.717, 1.165) is 42.9 Å². The lowest BCUT2D eigenvalue weighted by molar-refractivity contribution is 0.392. The van der Waals surface area contributed by atoms with Crippen LogP contribution in [0.15, 0.2) is 34.9 Å². The molecule has 1 aromatic carbocycles. The van der Waals surface area contributed by atoms with Crippen LogP contribution in [0.2, 0.25) is 0 Å². The van der Waals surface area contributed by atoms with Crippen LogP contribution < -0.4 is 5.32 Å². The van der Waals surface area contributed by atoms with E-state index in [1.165, 1.54) is 5.56 Å². The van der Waals surface area contributed by atoms with Crippen molar-refractivity contribution < 1.29 is 4.52 Å². The molecule has 3 rings (SSSR count). The van der Waals surface area contributed by atoms with Crippen molar-refractivity contribution in [3.63, 3.8) is 0 Å². The molecule has 2 aromatic rings. The van der Waals surface area contributed by atoms with Gasteiger partial charge in [0.15, 0.2) is 5.76 Å². The first kappa shape index (κ1) is 11.5. The van der Waals surface area contributed by atoms with E-state index in [0.29, 0.717) is 5.92 Å². The summed E-state index contributed by atoms with van der Waals surface area (Å²) < 4.78 is 5.47. The van der Waals surface area contributed by atoms with Crippen LogP contribution in [0.1, 0.15) is 30.0 Å². The monoisotopic (exact) mass is 242 g/mol. The Hall–Kier alpha value is -1.61. The summed E-state index contributed by atoms with van der Waals surface area (Å²) in [5.74, 6) is 1.43. The molecule has 18 heavy (non-hydrogen) atoms. The molecule has 3 nitrogen and oxygen atoms in total. The number of nitrogens with zero attached hydrogens (tertiary/aromatic N) is 1. The molecule has 1 aliphatic heterocycles. The Morgan fingerprint density at radius 1 is 1.17 bits per heavy atom. The lowest BCUT2D eigenvalue weighted by Crippen LogP contribution is -2.26. The summed E-state index contributed by atoms with van der Waals surface area (Å²) in [7, 11) is 0. The molecule has 1 saturated heterocycles. The number of hydrogen-bond donors (Lipinski definition) is 1. The van der Waals surface area contributed by atoms with Crippen LogP contribution in [-0.2, 0) is 0 Å². The SMILES string of the molecule is Cc1ccc(-c2cc(C3CCNCC3)no2)cc1. The van der Waals surface area contributed by atoms with Gasteiger partial charge in [-0.25, -0.2) is 0 Å². The van der Waals surface area contributed by atoms with E-state index in [1.54, 1.807) is 0 Å². The lowest BCUT2D eigenvalue weighted by Gasteiger charge is -2.19. The van der Waals surface area contributed by atoms with Gasteiger partial charge in [-0.15, -0.1) is 0 Å².